The summed E-state index contributed by atoms with van der Waals surface area (Å²) in [6.45, 7) is -0.302. The zero-order valence-electron chi connectivity index (χ0n) is 12.6. The van der Waals surface area contributed by atoms with Crippen molar-refractivity contribution in [2.75, 3.05) is 13.7 Å². The monoisotopic (exact) mass is 368 g/mol. The van der Waals surface area contributed by atoms with Gasteiger partial charge in [-0.15, -0.1) is 0 Å². The molecule has 8 heteroatoms. The highest BCUT2D eigenvalue weighted by atomic mass is 35.5. The van der Waals surface area contributed by atoms with Crippen LogP contribution in [0.4, 0.5) is 0 Å². The number of halogens is 2. The minimum atomic E-state index is -0.590. The van der Waals surface area contributed by atoms with Crippen LogP contribution < -0.4 is 20.3 Å². The van der Waals surface area contributed by atoms with Crippen LogP contribution in [0, 0.1) is 0 Å². The lowest BCUT2D eigenvalue weighted by molar-refractivity contribution is -0.123. The van der Waals surface area contributed by atoms with Gasteiger partial charge in [0.1, 0.15) is 0 Å². The van der Waals surface area contributed by atoms with E-state index in [-0.39, 0.29) is 17.2 Å². The number of methoxy groups -OCH3 is 1. The van der Waals surface area contributed by atoms with Crippen LogP contribution in [0.25, 0.3) is 0 Å². The topological polar surface area (TPSA) is 76.7 Å². The van der Waals surface area contributed by atoms with Crippen molar-refractivity contribution in [1.29, 1.82) is 0 Å². The van der Waals surface area contributed by atoms with Gasteiger partial charge in [-0.05, 0) is 30.3 Å². The van der Waals surface area contributed by atoms with Crippen LogP contribution in [0.1, 0.15) is 10.4 Å². The first kappa shape index (κ1) is 17.9. The maximum Gasteiger partial charge on any atom is 0.276 e. The molecular formula is C16H14Cl2N2O4. The number of carbonyl (C=O) groups excluding carboxylic acids is 2. The molecule has 0 aliphatic heterocycles. The molecule has 24 heavy (non-hydrogen) atoms. The van der Waals surface area contributed by atoms with Crippen molar-refractivity contribution in [2.24, 2.45) is 0 Å². The van der Waals surface area contributed by atoms with Crippen molar-refractivity contribution in [3.8, 4) is 11.5 Å². The molecule has 0 aliphatic carbocycles. The minimum Gasteiger partial charge on any atom is -0.493 e. The summed E-state index contributed by atoms with van der Waals surface area (Å²) in [6.07, 6.45) is 0. The van der Waals surface area contributed by atoms with Crippen LogP contribution >= 0.6 is 23.2 Å². The van der Waals surface area contributed by atoms with E-state index in [4.69, 9.17) is 32.7 Å². The fourth-order valence-corrected chi connectivity index (χ4v) is 2.16. The number of hydrogen-bond acceptors (Lipinski definition) is 4. The number of ether oxygens (including phenoxy) is 2. The Balaban J connectivity index is 1.87. The van der Waals surface area contributed by atoms with Gasteiger partial charge in [0.15, 0.2) is 18.1 Å². The van der Waals surface area contributed by atoms with Crippen molar-refractivity contribution in [3.05, 3.63) is 58.1 Å². The van der Waals surface area contributed by atoms with Crippen LogP contribution in [-0.4, -0.2) is 25.5 Å². The number of hydrazine groups is 1. The molecule has 0 radical (unpaired) electrons. The van der Waals surface area contributed by atoms with Crippen LogP contribution in [0.5, 0.6) is 11.5 Å². The predicted molar refractivity (Wildman–Crippen MR) is 90.6 cm³/mol. The highest BCUT2D eigenvalue weighted by molar-refractivity contribution is 6.35. The fraction of sp³-hybridized carbons (Fsp3) is 0.125. The second kappa shape index (κ2) is 8.42. The van der Waals surface area contributed by atoms with Gasteiger partial charge in [-0.1, -0.05) is 35.3 Å². The average Bonchev–Trinajstić information content (AvgIpc) is 2.60. The van der Waals surface area contributed by atoms with Gasteiger partial charge in [-0.3, -0.25) is 20.4 Å². The Morgan fingerprint density at radius 3 is 2.46 bits per heavy atom. The van der Waals surface area contributed by atoms with Gasteiger partial charge >= 0.3 is 0 Å². The lowest BCUT2D eigenvalue weighted by Gasteiger charge is -2.11. The molecule has 6 nitrogen and oxygen atoms in total. The molecule has 0 saturated heterocycles. The van der Waals surface area contributed by atoms with Gasteiger partial charge in [-0.2, -0.15) is 0 Å². The molecule has 0 spiro atoms. The molecule has 2 N–H and O–H groups in total. The summed E-state index contributed by atoms with van der Waals surface area (Å²) in [4.78, 5) is 23.7. The number of nitrogens with one attached hydrogen (secondary N) is 2. The van der Waals surface area contributed by atoms with Gasteiger partial charge in [-0.25, -0.2) is 0 Å². The van der Waals surface area contributed by atoms with Crippen LogP contribution in [0.2, 0.25) is 10.0 Å². The van der Waals surface area contributed by atoms with Crippen molar-refractivity contribution in [2.45, 2.75) is 0 Å². The van der Waals surface area contributed by atoms with E-state index < -0.39 is 11.8 Å². The van der Waals surface area contributed by atoms with Crippen molar-refractivity contribution in [1.82, 2.24) is 10.9 Å². The van der Waals surface area contributed by atoms with E-state index in [2.05, 4.69) is 10.9 Å². The molecule has 2 rings (SSSR count). The highest BCUT2D eigenvalue weighted by Crippen LogP contribution is 2.25. The SMILES string of the molecule is COc1ccccc1OCC(=O)NNC(=O)c1cc(Cl)ccc1Cl. The molecule has 0 fully saturated rings. The van der Waals surface area contributed by atoms with Gasteiger partial charge in [0.25, 0.3) is 11.8 Å². The van der Waals surface area contributed by atoms with Gasteiger partial charge in [0.2, 0.25) is 0 Å². The molecule has 0 bridgehead atoms. The first-order valence-corrected chi connectivity index (χ1v) is 7.57. The normalized spacial score (nSPS) is 9.96. The smallest absolute Gasteiger partial charge is 0.276 e. The van der Waals surface area contributed by atoms with Crippen LogP contribution in [0.15, 0.2) is 42.5 Å². The van der Waals surface area contributed by atoms with Crippen molar-refractivity contribution in [3.63, 3.8) is 0 Å². The third-order valence-electron chi connectivity index (χ3n) is 2.92. The molecule has 0 saturated carbocycles. The summed E-state index contributed by atoms with van der Waals surface area (Å²) in [5.41, 5.74) is 4.62. The second-order valence-corrected chi connectivity index (χ2v) is 5.41. The molecule has 0 aliphatic rings. The van der Waals surface area contributed by atoms with E-state index in [9.17, 15) is 9.59 Å². The fourth-order valence-electron chi connectivity index (χ4n) is 1.78. The standard InChI is InChI=1S/C16H14Cl2N2O4/c1-23-13-4-2-3-5-14(13)24-9-15(21)19-20-16(22)11-8-10(17)6-7-12(11)18/h2-8H,9H2,1H3,(H,19,21)(H,20,22). The zero-order valence-corrected chi connectivity index (χ0v) is 14.1. The molecule has 2 aromatic carbocycles. The summed E-state index contributed by atoms with van der Waals surface area (Å²) in [5.74, 6) is -0.222. The van der Waals surface area contributed by atoms with E-state index in [0.717, 1.165) is 0 Å². The van der Waals surface area contributed by atoms with Gasteiger partial charge in [0.05, 0.1) is 17.7 Å². The Hall–Kier alpha value is -2.44. The Kier molecular flexibility index (Phi) is 6.28. The molecule has 0 unspecified atom stereocenters. The maximum atomic E-state index is 12.0. The Morgan fingerprint density at radius 2 is 1.75 bits per heavy atom. The summed E-state index contributed by atoms with van der Waals surface area (Å²) in [5, 5.41) is 0.576. The van der Waals surface area contributed by atoms with E-state index in [1.165, 1.54) is 19.2 Å². The molecule has 2 aromatic rings. The van der Waals surface area contributed by atoms with E-state index in [0.29, 0.717) is 16.5 Å². The summed E-state index contributed by atoms with van der Waals surface area (Å²) in [6, 6.07) is 11.3. The third kappa shape index (κ3) is 4.78. The molecule has 0 atom stereocenters. The van der Waals surface area contributed by atoms with E-state index >= 15 is 0 Å². The summed E-state index contributed by atoms with van der Waals surface area (Å²) >= 11 is 11.7. The first-order chi connectivity index (χ1) is 11.5. The van der Waals surface area contributed by atoms with Crippen LogP contribution in [-0.2, 0) is 4.79 Å². The maximum absolute atomic E-state index is 12.0. The lowest BCUT2D eigenvalue weighted by atomic mass is 10.2. The molecule has 0 aromatic heterocycles. The van der Waals surface area contributed by atoms with Crippen molar-refractivity contribution < 1.29 is 19.1 Å². The van der Waals surface area contributed by atoms with Gasteiger partial charge in [0, 0.05) is 5.02 Å². The number of amides is 2. The summed E-state index contributed by atoms with van der Waals surface area (Å²) < 4.78 is 10.4. The Labute approximate surface area is 148 Å². The second-order valence-electron chi connectivity index (χ2n) is 4.57. The quantitative estimate of drug-likeness (QED) is 0.795. The zero-order chi connectivity index (χ0) is 17.5. The number of para-hydroxylation sites is 2. The number of carbonyl (C=O) groups is 2. The highest BCUT2D eigenvalue weighted by Gasteiger charge is 2.12. The predicted octanol–water partition coefficient (Wildman–Crippen LogP) is 2.84. The van der Waals surface area contributed by atoms with E-state index in [1.54, 1.807) is 30.3 Å². The number of rotatable bonds is 5. The summed E-state index contributed by atoms with van der Waals surface area (Å²) in [7, 11) is 1.50. The number of hydrogen-bond donors (Lipinski definition) is 2. The van der Waals surface area contributed by atoms with Gasteiger partial charge < -0.3 is 9.47 Å². The third-order valence-corrected chi connectivity index (χ3v) is 3.48. The van der Waals surface area contributed by atoms with Crippen molar-refractivity contribution >= 4 is 35.0 Å². The van der Waals surface area contributed by atoms with Crippen LogP contribution in [0.3, 0.4) is 0 Å². The molecule has 0 heterocycles. The molecular weight excluding hydrogens is 355 g/mol. The number of benzene rings is 2. The average molecular weight is 369 g/mol. The Morgan fingerprint density at radius 1 is 1.04 bits per heavy atom. The minimum absolute atomic E-state index is 0.148. The molecule has 126 valence electrons. The lowest BCUT2D eigenvalue weighted by Crippen LogP contribution is -2.43. The largest absolute Gasteiger partial charge is 0.493 e. The first-order valence-electron chi connectivity index (χ1n) is 6.81. The Bertz CT molecular complexity index is 753. The molecule has 2 amide bonds. The van der Waals surface area contributed by atoms with E-state index in [1.807, 2.05) is 0 Å².